The lowest BCUT2D eigenvalue weighted by molar-refractivity contribution is -0.152. The second-order valence-electron chi connectivity index (χ2n) is 6.68. The standard InChI is InChI=1S/C19H22N2O4/c20-12-13-3-1-4-14(11-13)18-16(19(23)24)6-7-17(22)21(18)9-8-15-5-2-10-25-15/h1,3-4,11,15-16,18H,2,5-10H2,(H,23,24). The summed E-state index contributed by atoms with van der Waals surface area (Å²) in [5, 5.41) is 18.8. The van der Waals surface area contributed by atoms with Crippen molar-refractivity contribution in [3.63, 3.8) is 0 Å². The Morgan fingerprint density at radius 3 is 2.92 bits per heavy atom. The number of benzene rings is 1. The molecule has 2 heterocycles. The third kappa shape index (κ3) is 3.83. The number of likely N-dealkylation sites (tertiary alicyclic amines) is 1. The Balaban J connectivity index is 1.88. The Morgan fingerprint density at radius 2 is 2.24 bits per heavy atom. The van der Waals surface area contributed by atoms with Gasteiger partial charge >= 0.3 is 5.97 Å². The van der Waals surface area contributed by atoms with Crippen molar-refractivity contribution in [3.8, 4) is 6.07 Å². The molecule has 6 nitrogen and oxygen atoms in total. The van der Waals surface area contributed by atoms with Crippen molar-refractivity contribution in [3.05, 3.63) is 35.4 Å². The van der Waals surface area contributed by atoms with Gasteiger partial charge in [0.25, 0.3) is 0 Å². The van der Waals surface area contributed by atoms with Gasteiger partial charge in [-0.2, -0.15) is 5.26 Å². The van der Waals surface area contributed by atoms with E-state index in [-0.39, 0.29) is 18.4 Å². The number of aliphatic carboxylic acids is 1. The SMILES string of the molecule is N#Cc1cccc(C2C(C(=O)O)CCC(=O)N2CCC2CCCO2)c1. The Labute approximate surface area is 147 Å². The first-order valence-corrected chi connectivity index (χ1v) is 8.74. The number of carboxylic acid groups (broad SMARTS) is 1. The van der Waals surface area contributed by atoms with E-state index in [1.54, 1.807) is 29.2 Å². The molecule has 132 valence electrons. The van der Waals surface area contributed by atoms with Gasteiger partial charge in [0.05, 0.1) is 29.7 Å². The van der Waals surface area contributed by atoms with E-state index in [0.717, 1.165) is 19.4 Å². The highest BCUT2D eigenvalue weighted by Gasteiger charge is 2.40. The molecule has 0 saturated carbocycles. The molecule has 0 bridgehead atoms. The van der Waals surface area contributed by atoms with Crippen LogP contribution in [-0.2, 0) is 14.3 Å². The van der Waals surface area contributed by atoms with Gasteiger partial charge in [0.1, 0.15) is 0 Å². The highest BCUT2D eigenvalue weighted by Crippen LogP contribution is 2.37. The predicted octanol–water partition coefficient (Wildman–Crippen LogP) is 2.49. The number of piperidine rings is 1. The van der Waals surface area contributed by atoms with E-state index in [1.807, 2.05) is 0 Å². The van der Waals surface area contributed by atoms with Crippen LogP contribution in [0.5, 0.6) is 0 Å². The lowest BCUT2D eigenvalue weighted by Gasteiger charge is -2.40. The first kappa shape index (κ1) is 17.4. The summed E-state index contributed by atoms with van der Waals surface area (Å²) in [6, 6.07) is 8.47. The number of amides is 1. The molecule has 0 spiro atoms. The topological polar surface area (TPSA) is 90.6 Å². The minimum Gasteiger partial charge on any atom is -0.481 e. The van der Waals surface area contributed by atoms with Crippen LogP contribution in [0.2, 0.25) is 0 Å². The second kappa shape index (κ2) is 7.66. The Hall–Kier alpha value is -2.39. The zero-order valence-corrected chi connectivity index (χ0v) is 14.1. The van der Waals surface area contributed by atoms with Crippen molar-refractivity contribution in [1.29, 1.82) is 5.26 Å². The maximum atomic E-state index is 12.5. The van der Waals surface area contributed by atoms with Crippen LogP contribution < -0.4 is 0 Å². The molecule has 1 N–H and O–H groups in total. The third-order valence-corrected chi connectivity index (χ3v) is 5.10. The number of carbonyl (C=O) groups excluding carboxylic acids is 1. The minimum absolute atomic E-state index is 0.0251. The fourth-order valence-corrected chi connectivity index (χ4v) is 3.83. The third-order valence-electron chi connectivity index (χ3n) is 5.10. The summed E-state index contributed by atoms with van der Waals surface area (Å²) in [5.74, 6) is -1.58. The second-order valence-corrected chi connectivity index (χ2v) is 6.68. The highest BCUT2D eigenvalue weighted by molar-refractivity contribution is 5.81. The molecule has 0 radical (unpaired) electrons. The molecule has 25 heavy (non-hydrogen) atoms. The number of rotatable bonds is 5. The van der Waals surface area contributed by atoms with Crippen molar-refractivity contribution in [2.45, 2.75) is 44.2 Å². The molecular weight excluding hydrogens is 320 g/mol. The van der Waals surface area contributed by atoms with Crippen molar-refractivity contribution < 1.29 is 19.4 Å². The first-order chi connectivity index (χ1) is 12.1. The summed E-state index contributed by atoms with van der Waals surface area (Å²) in [6.07, 6.45) is 3.45. The average Bonchev–Trinajstić information content (AvgIpc) is 3.13. The van der Waals surface area contributed by atoms with Gasteiger partial charge in [-0.15, -0.1) is 0 Å². The van der Waals surface area contributed by atoms with E-state index in [0.29, 0.717) is 30.5 Å². The van der Waals surface area contributed by atoms with Crippen molar-refractivity contribution >= 4 is 11.9 Å². The van der Waals surface area contributed by atoms with Gasteiger partial charge in [-0.3, -0.25) is 9.59 Å². The van der Waals surface area contributed by atoms with Crippen molar-refractivity contribution in [1.82, 2.24) is 4.90 Å². The molecule has 3 rings (SSSR count). The maximum Gasteiger partial charge on any atom is 0.308 e. The molecule has 2 saturated heterocycles. The van der Waals surface area contributed by atoms with Crippen LogP contribution in [-0.4, -0.2) is 41.1 Å². The lowest BCUT2D eigenvalue weighted by Crippen LogP contribution is -2.46. The monoisotopic (exact) mass is 342 g/mol. The zero-order valence-electron chi connectivity index (χ0n) is 14.1. The Kier molecular flexibility index (Phi) is 5.34. The molecular formula is C19H22N2O4. The lowest BCUT2D eigenvalue weighted by atomic mass is 9.83. The number of ether oxygens (including phenoxy) is 1. The number of carboxylic acids is 1. The zero-order chi connectivity index (χ0) is 17.8. The molecule has 2 fully saturated rings. The summed E-state index contributed by atoms with van der Waals surface area (Å²) < 4.78 is 5.63. The molecule has 1 amide bonds. The van der Waals surface area contributed by atoms with Gasteiger partial charge in [-0.25, -0.2) is 0 Å². The van der Waals surface area contributed by atoms with Crippen LogP contribution >= 0.6 is 0 Å². The number of hydrogen-bond donors (Lipinski definition) is 1. The van der Waals surface area contributed by atoms with Crippen molar-refractivity contribution in [2.75, 3.05) is 13.2 Å². The summed E-state index contributed by atoms with van der Waals surface area (Å²) >= 11 is 0. The predicted molar refractivity (Wildman–Crippen MR) is 89.6 cm³/mol. The molecule has 3 unspecified atom stereocenters. The van der Waals surface area contributed by atoms with Gasteiger partial charge in [-0.1, -0.05) is 12.1 Å². The van der Waals surface area contributed by atoms with E-state index >= 15 is 0 Å². The molecule has 2 aliphatic heterocycles. The van der Waals surface area contributed by atoms with Crippen LogP contribution in [0.1, 0.15) is 49.3 Å². The molecule has 0 aliphatic carbocycles. The van der Waals surface area contributed by atoms with Gasteiger partial charge in [-0.05, 0) is 43.4 Å². The van der Waals surface area contributed by atoms with Crippen LogP contribution in [0.15, 0.2) is 24.3 Å². The van der Waals surface area contributed by atoms with Crippen LogP contribution in [0.4, 0.5) is 0 Å². The van der Waals surface area contributed by atoms with Gasteiger partial charge in [0.2, 0.25) is 5.91 Å². The maximum absolute atomic E-state index is 12.5. The Bertz CT molecular complexity index is 691. The average molecular weight is 342 g/mol. The molecule has 1 aromatic carbocycles. The number of hydrogen-bond acceptors (Lipinski definition) is 4. The van der Waals surface area contributed by atoms with Crippen LogP contribution in [0, 0.1) is 17.2 Å². The van der Waals surface area contributed by atoms with Crippen LogP contribution in [0.3, 0.4) is 0 Å². The molecule has 0 aromatic heterocycles. The number of nitrogens with zero attached hydrogens (tertiary/aromatic N) is 2. The molecule has 1 aromatic rings. The largest absolute Gasteiger partial charge is 0.481 e. The highest BCUT2D eigenvalue weighted by atomic mass is 16.5. The van der Waals surface area contributed by atoms with E-state index < -0.39 is 17.9 Å². The quantitative estimate of drug-likeness (QED) is 0.888. The smallest absolute Gasteiger partial charge is 0.308 e. The number of nitriles is 1. The Morgan fingerprint density at radius 1 is 1.40 bits per heavy atom. The molecule has 6 heteroatoms. The summed E-state index contributed by atoms with van der Waals surface area (Å²) in [7, 11) is 0. The van der Waals surface area contributed by atoms with Gasteiger partial charge in [0, 0.05) is 19.6 Å². The van der Waals surface area contributed by atoms with Gasteiger partial charge in [0.15, 0.2) is 0 Å². The van der Waals surface area contributed by atoms with Gasteiger partial charge < -0.3 is 14.7 Å². The normalized spacial score (nSPS) is 26.4. The molecule has 3 atom stereocenters. The van der Waals surface area contributed by atoms with E-state index in [9.17, 15) is 14.7 Å². The number of carbonyl (C=O) groups is 2. The van der Waals surface area contributed by atoms with E-state index in [1.165, 1.54) is 0 Å². The van der Waals surface area contributed by atoms with E-state index in [2.05, 4.69) is 6.07 Å². The molecule has 2 aliphatic rings. The fraction of sp³-hybridized carbons (Fsp3) is 0.526. The minimum atomic E-state index is -0.901. The van der Waals surface area contributed by atoms with Crippen molar-refractivity contribution in [2.24, 2.45) is 5.92 Å². The summed E-state index contributed by atoms with van der Waals surface area (Å²) in [6.45, 7) is 1.23. The fourth-order valence-electron chi connectivity index (χ4n) is 3.83. The van der Waals surface area contributed by atoms with E-state index in [4.69, 9.17) is 10.00 Å². The van der Waals surface area contributed by atoms with Crippen LogP contribution in [0.25, 0.3) is 0 Å². The summed E-state index contributed by atoms with van der Waals surface area (Å²) in [5.41, 5.74) is 1.19. The first-order valence-electron chi connectivity index (χ1n) is 8.74. The summed E-state index contributed by atoms with van der Waals surface area (Å²) in [4.78, 5) is 26.0.